The van der Waals surface area contributed by atoms with Crippen LogP contribution in [0.2, 0.25) is 0 Å². The van der Waals surface area contributed by atoms with E-state index in [9.17, 15) is 9.90 Å². The van der Waals surface area contributed by atoms with E-state index in [1.807, 2.05) is 0 Å². The van der Waals surface area contributed by atoms with E-state index in [1.165, 1.54) is 13.8 Å². The number of piperidine rings is 1. The molecule has 5 heteroatoms. The Morgan fingerprint density at radius 1 is 1.44 bits per heavy atom. The Morgan fingerprint density at radius 2 is 2.00 bits per heavy atom. The smallest absolute Gasteiger partial charge is 0.253 e. The highest BCUT2D eigenvalue weighted by molar-refractivity contribution is 5.84. The summed E-state index contributed by atoms with van der Waals surface area (Å²) in [7, 11) is 0. The number of amides is 1. The van der Waals surface area contributed by atoms with Crippen LogP contribution < -0.4 is 0 Å². The summed E-state index contributed by atoms with van der Waals surface area (Å²) in [6.07, 6.45) is 1.65. The van der Waals surface area contributed by atoms with Crippen molar-refractivity contribution in [2.75, 3.05) is 26.3 Å². The van der Waals surface area contributed by atoms with E-state index < -0.39 is 5.60 Å². The van der Waals surface area contributed by atoms with Gasteiger partial charge in [-0.2, -0.15) is 0 Å². The fourth-order valence-corrected chi connectivity index (χ4v) is 1.83. The number of hydrogen-bond donors (Lipinski definition) is 2. The van der Waals surface area contributed by atoms with E-state index in [2.05, 4.69) is 0 Å². The van der Waals surface area contributed by atoms with Crippen LogP contribution in [0.4, 0.5) is 0 Å². The average Bonchev–Trinajstić information content (AvgIpc) is 2.25. The van der Waals surface area contributed by atoms with Gasteiger partial charge in [-0.3, -0.25) is 4.79 Å². The zero-order chi connectivity index (χ0) is 12.2. The van der Waals surface area contributed by atoms with Crippen molar-refractivity contribution in [3.63, 3.8) is 0 Å². The van der Waals surface area contributed by atoms with Gasteiger partial charge < -0.3 is 19.8 Å². The SMILES string of the molecule is CC(C)(O)C(=O)N1CCC(OCCO)CC1. The van der Waals surface area contributed by atoms with E-state index in [1.54, 1.807) is 4.90 Å². The molecule has 1 saturated heterocycles. The summed E-state index contributed by atoms with van der Waals surface area (Å²) in [5.74, 6) is -0.229. The molecule has 0 radical (unpaired) electrons. The Morgan fingerprint density at radius 3 is 2.44 bits per heavy atom. The van der Waals surface area contributed by atoms with E-state index >= 15 is 0 Å². The lowest BCUT2D eigenvalue weighted by atomic mass is 10.0. The maximum atomic E-state index is 11.7. The number of hydrogen-bond acceptors (Lipinski definition) is 4. The molecule has 0 bridgehead atoms. The molecule has 0 aromatic heterocycles. The molecule has 16 heavy (non-hydrogen) atoms. The summed E-state index contributed by atoms with van der Waals surface area (Å²) in [5, 5.41) is 18.2. The molecule has 1 fully saturated rings. The molecule has 0 aliphatic carbocycles. The Balaban J connectivity index is 2.34. The van der Waals surface area contributed by atoms with Crippen molar-refractivity contribution in [3.05, 3.63) is 0 Å². The summed E-state index contributed by atoms with van der Waals surface area (Å²) >= 11 is 0. The first kappa shape index (κ1) is 13.4. The molecular weight excluding hydrogens is 210 g/mol. The number of nitrogens with zero attached hydrogens (tertiary/aromatic N) is 1. The number of likely N-dealkylation sites (tertiary alicyclic amines) is 1. The van der Waals surface area contributed by atoms with Crippen LogP contribution in [0.25, 0.3) is 0 Å². The molecule has 0 aromatic rings. The first-order chi connectivity index (χ1) is 7.45. The minimum absolute atomic E-state index is 0.0306. The van der Waals surface area contributed by atoms with Gasteiger partial charge in [0.15, 0.2) is 0 Å². The number of ether oxygens (including phenoxy) is 1. The third-order valence-electron chi connectivity index (χ3n) is 2.70. The second-order valence-corrected chi connectivity index (χ2v) is 4.64. The summed E-state index contributed by atoms with van der Waals surface area (Å²) in [5.41, 5.74) is -1.29. The summed E-state index contributed by atoms with van der Waals surface area (Å²) < 4.78 is 5.40. The third-order valence-corrected chi connectivity index (χ3v) is 2.70. The van der Waals surface area contributed by atoms with Crippen LogP contribution >= 0.6 is 0 Å². The molecule has 1 aliphatic heterocycles. The molecule has 5 nitrogen and oxygen atoms in total. The van der Waals surface area contributed by atoms with Crippen LogP contribution in [0, 0.1) is 0 Å². The predicted octanol–water partition coefficient (Wildman–Crippen LogP) is -0.243. The van der Waals surface area contributed by atoms with E-state index in [4.69, 9.17) is 9.84 Å². The molecule has 1 aliphatic rings. The van der Waals surface area contributed by atoms with Crippen molar-refractivity contribution in [3.8, 4) is 0 Å². The highest BCUT2D eigenvalue weighted by Gasteiger charge is 2.32. The van der Waals surface area contributed by atoms with Gasteiger partial charge in [0.2, 0.25) is 0 Å². The molecule has 0 aromatic carbocycles. The lowest BCUT2D eigenvalue weighted by Crippen LogP contribution is -2.49. The molecule has 1 rings (SSSR count). The monoisotopic (exact) mass is 231 g/mol. The highest BCUT2D eigenvalue weighted by atomic mass is 16.5. The highest BCUT2D eigenvalue weighted by Crippen LogP contribution is 2.17. The van der Waals surface area contributed by atoms with Gasteiger partial charge in [0, 0.05) is 13.1 Å². The molecular formula is C11H21NO4. The number of aliphatic hydroxyl groups excluding tert-OH is 1. The zero-order valence-electron chi connectivity index (χ0n) is 9.98. The standard InChI is InChI=1S/C11H21NO4/c1-11(2,15)10(14)12-5-3-9(4-6-12)16-8-7-13/h9,13,15H,3-8H2,1-2H3. The van der Waals surface area contributed by atoms with Crippen molar-refractivity contribution < 1.29 is 19.7 Å². The molecule has 0 spiro atoms. The second kappa shape index (κ2) is 5.61. The minimum atomic E-state index is -1.29. The van der Waals surface area contributed by atoms with Crippen LogP contribution in [0.15, 0.2) is 0 Å². The Bertz CT molecular complexity index is 229. The normalized spacial score (nSPS) is 18.9. The van der Waals surface area contributed by atoms with Gasteiger partial charge in [-0.1, -0.05) is 0 Å². The lowest BCUT2D eigenvalue weighted by molar-refractivity contribution is -0.150. The van der Waals surface area contributed by atoms with Gasteiger partial charge in [0.25, 0.3) is 5.91 Å². The Labute approximate surface area is 96.0 Å². The van der Waals surface area contributed by atoms with Gasteiger partial charge in [-0.05, 0) is 26.7 Å². The second-order valence-electron chi connectivity index (χ2n) is 4.64. The number of aliphatic hydroxyl groups is 2. The Hall–Kier alpha value is -0.650. The van der Waals surface area contributed by atoms with Crippen molar-refractivity contribution >= 4 is 5.91 Å². The van der Waals surface area contributed by atoms with E-state index in [0.29, 0.717) is 19.7 Å². The number of carbonyl (C=O) groups is 1. The lowest BCUT2D eigenvalue weighted by Gasteiger charge is -2.34. The van der Waals surface area contributed by atoms with Crippen molar-refractivity contribution in [1.82, 2.24) is 4.90 Å². The van der Waals surface area contributed by atoms with Crippen molar-refractivity contribution in [2.24, 2.45) is 0 Å². The van der Waals surface area contributed by atoms with Gasteiger partial charge in [0.05, 0.1) is 19.3 Å². The molecule has 1 heterocycles. The van der Waals surface area contributed by atoms with E-state index in [0.717, 1.165) is 12.8 Å². The molecule has 2 N–H and O–H groups in total. The first-order valence-electron chi connectivity index (χ1n) is 5.69. The van der Waals surface area contributed by atoms with Crippen LogP contribution in [-0.2, 0) is 9.53 Å². The van der Waals surface area contributed by atoms with E-state index in [-0.39, 0.29) is 18.6 Å². The van der Waals surface area contributed by atoms with Gasteiger partial charge in [-0.15, -0.1) is 0 Å². The topological polar surface area (TPSA) is 70.0 Å². The zero-order valence-corrected chi connectivity index (χ0v) is 9.98. The van der Waals surface area contributed by atoms with Crippen LogP contribution in [0.1, 0.15) is 26.7 Å². The maximum Gasteiger partial charge on any atom is 0.253 e. The number of rotatable bonds is 4. The number of carbonyl (C=O) groups excluding carboxylic acids is 1. The summed E-state index contributed by atoms with van der Waals surface area (Å²) in [4.78, 5) is 13.4. The van der Waals surface area contributed by atoms with Crippen LogP contribution in [0.3, 0.4) is 0 Å². The summed E-state index contributed by atoms with van der Waals surface area (Å²) in [6.45, 7) is 4.61. The molecule has 94 valence electrons. The first-order valence-corrected chi connectivity index (χ1v) is 5.69. The molecule has 0 unspecified atom stereocenters. The van der Waals surface area contributed by atoms with Crippen molar-refractivity contribution in [1.29, 1.82) is 0 Å². The van der Waals surface area contributed by atoms with Crippen molar-refractivity contribution in [2.45, 2.75) is 38.4 Å². The fraction of sp³-hybridized carbons (Fsp3) is 0.909. The Kier molecular flexibility index (Phi) is 4.70. The van der Waals surface area contributed by atoms with Crippen LogP contribution in [0.5, 0.6) is 0 Å². The molecule has 0 saturated carbocycles. The maximum absolute atomic E-state index is 11.7. The van der Waals surface area contributed by atoms with Gasteiger partial charge >= 0.3 is 0 Å². The molecule has 1 amide bonds. The summed E-state index contributed by atoms with van der Waals surface area (Å²) in [6, 6.07) is 0. The van der Waals surface area contributed by atoms with Crippen LogP contribution in [-0.4, -0.2) is 59.0 Å². The minimum Gasteiger partial charge on any atom is -0.394 e. The largest absolute Gasteiger partial charge is 0.394 e. The fourth-order valence-electron chi connectivity index (χ4n) is 1.83. The predicted molar refractivity (Wildman–Crippen MR) is 58.9 cm³/mol. The third kappa shape index (κ3) is 3.73. The quantitative estimate of drug-likeness (QED) is 0.700. The average molecular weight is 231 g/mol. The van der Waals surface area contributed by atoms with Gasteiger partial charge in [-0.25, -0.2) is 0 Å². The molecule has 0 atom stereocenters. The van der Waals surface area contributed by atoms with Gasteiger partial charge in [0.1, 0.15) is 5.60 Å².